The van der Waals surface area contributed by atoms with Crippen molar-refractivity contribution in [3.05, 3.63) is 99.7 Å². The average molecular weight is 577 g/mol. The second-order valence-corrected chi connectivity index (χ2v) is 9.15. The molecule has 0 saturated carbocycles. The Morgan fingerprint density at radius 3 is 2.42 bits per heavy atom. The number of benzene rings is 3. The van der Waals surface area contributed by atoms with E-state index in [0.717, 1.165) is 4.47 Å². The van der Waals surface area contributed by atoms with Crippen LogP contribution in [-0.2, 0) is 19.1 Å². The lowest BCUT2D eigenvalue weighted by atomic mass is 10.0. The van der Waals surface area contributed by atoms with Crippen LogP contribution in [0.15, 0.2) is 94.1 Å². The summed E-state index contributed by atoms with van der Waals surface area (Å²) in [4.78, 5) is 39.8. The van der Waals surface area contributed by atoms with E-state index in [4.69, 9.17) is 14.2 Å². The molecule has 0 aliphatic carbocycles. The molecular formula is C29H25BrN2O6. The van der Waals surface area contributed by atoms with Crippen molar-refractivity contribution >= 4 is 51.2 Å². The summed E-state index contributed by atoms with van der Waals surface area (Å²) in [6, 6.07) is 21.2. The maximum atomic E-state index is 13.4. The minimum absolute atomic E-state index is 0.200. The van der Waals surface area contributed by atoms with E-state index in [1.54, 1.807) is 67.6 Å². The van der Waals surface area contributed by atoms with Crippen LogP contribution in [0.5, 0.6) is 11.5 Å². The van der Waals surface area contributed by atoms with E-state index in [1.165, 1.54) is 19.1 Å². The first kappa shape index (κ1) is 26.7. The number of nitrogens with zero attached hydrogens (tertiary/aromatic N) is 1. The van der Waals surface area contributed by atoms with Gasteiger partial charge in [0.15, 0.2) is 6.61 Å². The Kier molecular flexibility index (Phi) is 8.28. The quantitative estimate of drug-likeness (QED) is 0.287. The van der Waals surface area contributed by atoms with Crippen molar-refractivity contribution in [3.63, 3.8) is 0 Å². The van der Waals surface area contributed by atoms with Crippen LogP contribution in [-0.4, -0.2) is 38.6 Å². The fourth-order valence-electron chi connectivity index (χ4n) is 4.02. The Hall–Kier alpha value is -4.37. The van der Waals surface area contributed by atoms with Crippen LogP contribution in [0.1, 0.15) is 12.5 Å². The van der Waals surface area contributed by atoms with Gasteiger partial charge in [0.1, 0.15) is 11.5 Å². The summed E-state index contributed by atoms with van der Waals surface area (Å²) in [6.07, 6.45) is 1.63. The summed E-state index contributed by atoms with van der Waals surface area (Å²) >= 11 is 3.42. The molecule has 0 aromatic heterocycles. The molecule has 3 aromatic rings. The molecule has 0 spiro atoms. The van der Waals surface area contributed by atoms with Gasteiger partial charge in [0, 0.05) is 10.2 Å². The van der Waals surface area contributed by atoms with E-state index in [0.29, 0.717) is 34.1 Å². The number of hydrogen-bond donors (Lipinski definition) is 1. The normalized spacial score (nSPS) is 14.1. The number of nitrogens with one attached hydrogen (secondary N) is 1. The largest absolute Gasteiger partial charge is 0.495 e. The summed E-state index contributed by atoms with van der Waals surface area (Å²) in [5.41, 5.74) is 2.75. The minimum atomic E-state index is -0.597. The molecule has 4 rings (SSSR count). The third-order valence-electron chi connectivity index (χ3n) is 5.80. The smallest absolute Gasteiger partial charge is 0.340 e. The fraction of sp³-hybridized carbons (Fsp3) is 0.138. The predicted octanol–water partition coefficient (Wildman–Crippen LogP) is 5.35. The standard InChI is InChI=1S/C29H25BrN2O6/c1-18-27(29(35)37-3)23(28(34)32(18)21-8-6-7-20(30)16-21)15-19-11-13-22(14-12-19)38-17-26(33)31-24-9-4-5-10-25(24)36-2/h4-16H,17H2,1-3H3,(H,31,33)/b23-15-. The number of hydrogen-bond acceptors (Lipinski definition) is 6. The van der Waals surface area contributed by atoms with Gasteiger partial charge in [-0.05, 0) is 61.0 Å². The van der Waals surface area contributed by atoms with Crippen molar-refractivity contribution in [2.24, 2.45) is 0 Å². The highest BCUT2D eigenvalue weighted by Crippen LogP contribution is 2.36. The molecule has 0 saturated heterocycles. The van der Waals surface area contributed by atoms with E-state index >= 15 is 0 Å². The van der Waals surface area contributed by atoms with Crippen LogP contribution in [0.4, 0.5) is 11.4 Å². The van der Waals surface area contributed by atoms with Crippen LogP contribution in [0.3, 0.4) is 0 Å². The van der Waals surface area contributed by atoms with Gasteiger partial charge < -0.3 is 19.5 Å². The minimum Gasteiger partial charge on any atom is -0.495 e. The van der Waals surface area contributed by atoms with Crippen LogP contribution in [0.25, 0.3) is 6.08 Å². The van der Waals surface area contributed by atoms with Crippen LogP contribution in [0.2, 0.25) is 0 Å². The van der Waals surface area contributed by atoms with Crippen molar-refractivity contribution < 1.29 is 28.6 Å². The van der Waals surface area contributed by atoms with Gasteiger partial charge in [0.25, 0.3) is 11.8 Å². The van der Waals surface area contributed by atoms with Crippen LogP contribution >= 0.6 is 15.9 Å². The molecule has 38 heavy (non-hydrogen) atoms. The van der Waals surface area contributed by atoms with Gasteiger partial charge in [-0.2, -0.15) is 0 Å². The zero-order valence-electron chi connectivity index (χ0n) is 21.0. The molecule has 0 bridgehead atoms. The van der Waals surface area contributed by atoms with Gasteiger partial charge >= 0.3 is 5.97 Å². The molecule has 0 fully saturated rings. The molecule has 1 aliphatic heterocycles. The molecule has 1 aliphatic rings. The Morgan fingerprint density at radius 2 is 1.74 bits per heavy atom. The van der Waals surface area contributed by atoms with Crippen molar-refractivity contribution in [2.45, 2.75) is 6.92 Å². The lowest BCUT2D eigenvalue weighted by molar-refractivity contribution is -0.136. The third kappa shape index (κ3) is 5.78. The fourth-order valence-corrected chi connectivity index (χ4v) is 4.40. The maximum Gasteiger partial charge on any atom is 0.340 e. The average Bonchev–Trinajstić information content (AvgIpc) is 3.16. The van der Waals surface area contributed by atoms with Crippen molar-refractivity contribution in [3.8, 4) is 11.5 Å². The summed E-state index contributed by atoms with van der Waals surface area (Å²) in [7, 11) is 2.81. The molecule has 1 N–H and O–H groups in total. The Bertz CT molecular complexity index is 1450. The van der Waals surface area contributed by atoms with Gasteiger partial charge in [0.2, 0.25) is 0 Å². The first-order valence-electron chi connectivity index (χ1n) is 11.6. The number of esters is 1. The summed E-state index contributed by atoms with van der Waals surface area (Å²) < 4.78 is 16.6. The zero-order chi connectivity index (χ0) is 27.2. The van der Waals surface area contributed by atoms with Gasteiger partial charge in [0.05, 0.1) is 36.7 Å². The lowest BCUT2D eigenvalue weighted by Gasteiger charge is -2.18. The molecule has 0 radical (unpaired) electrons. The highest BCUT2D eigenvalue weighted by Gasteiger charge is 2.37. The number of methoxy groups -OCH3 is 2. The number of halogens is 1. The first-order valence-corrected chi connectivity index (χ1v) is 12.4. The second kappa shape index (κ2) is 11.8. The molecule has 194 valence electrons. The highest BCUT2D eigenvalue weighted by atomic mass is 79.9. The van der Waals surface area contributed by atoms with E-state index in [-0.39, 0.29) is 29.6 Å². The van der Waals surface area contributed by atoms with E-state index in [9.17, 15) is 14.4 Å². The number of carbonyl (C=O) groups excluding carboxylic acids is 3. The van der Waals surface area contributed by atoms with Crippen LogP contribution in [0, 0.1) is 0 Å². The summed E-state index contributed by atoms with van der Waals surface area (Å²) in [5, 5.41) is 2.75. The number of rotatable bonds is 8. The van der Waals surface area contributed by atoms with E-state index < -0.39 is 5.97 Å². The topological polar surface area (TPSA) is 94.2 Å². The van der Waals surface area contributed by atoms with E-state index in [1.807, 2.05) is 18.2 Å². The molecule has 9 heteroatoms. The number of carbonyl (C=O) groups is 3. The van der Waals surface area contributed by atoms with E-state index in [2.05, 4.69) is 21.2 Å². The number of anilines is 2. The third-order valence-corrected chi connectivity index (χ3v) is 6.29. The Morgan fingerprint density at radius 1 is 1.00 bits per heavy atom. The molecule has 0 atom stereocenters. The number of para-hydroxylation sites is 2. The molecule has 2 amide bonds. The summed E-state index contributed by atoms with van der Waals surface area (Å²) in [6.45, 7) is 1.51. The van der Waals surface area contributed by atoms with Crippen molar-refractivity contribution in [1.82, 2.24) is 0 Å². The SMILES string of the molecule is COC(=O)C1=C(C)N(c2cccc(Br)c2)C(=O)/C1=C\c1ccc(OCC(=O)Nc2ccccc2OC)cc1. The monoisotopic (exact) mass is 576 g/mol. The second-order valence-electron chi connectivity index (χ2n) is 8.24. The highest BCUT2D eigenvalue weighted by molar-refractivity contribution is 9.10. The Labute approximate surface area is 228 Å². The Balaban J connectivity index is 1.50. The molecular weight excluding hydrogens is 552 g/mol. The zero-order valence-corrected chi connectivity index (χ0v) is 22.6. The molecule has 1 heterocycles. The molecule has 0 unspecified atom stereocenters. The van der Waals surface area contributed by atoms with Gasteiger partial charge in [-0.3, -0.25) is 14.5 Å². The predicted molar refractivity (Wildman–Crippen MR) is 148 cm³/mol. The summed E-state index contributed by atoms with van der Waals surface area (Å²) in [5.74, 6) is -0.257. The maximum absolute atomic E-state index is 13.4. The van der Waals surface area contributed by atoms with Gasteiger partial charge in [-0.15, -0.1) is 0 Å². The van der Waals surface area contributed by atoms with Crippen molar-refractivity contribution in [1.29, 1.82) is 0 Å². The van der Waals surface area contributed by atoms with Gasteiger partial charge in [-0.1, -0.05) is 46.3 Å². The van der Waals surface area contributed by atoms with Crippen LogP contribution < -0.4 is 19.7 Å². The molecule has 8 nitrogen and oxygen atoms in total. The number of allylic oxidation sites excluding steroid dienone is 1. The van der Waals surface area contributed by atoms with Crippen molar-refractivity contribution in [2.75, 3.05) is 31.0 Å². The molecule has 3 aromatic carbocycles. The number of ether oxygens (including phenoxy) is 3. The van der Waals surface area contributed by atoms with Gasteiger partial charge in [-0.25, -0.2) is 4.79 Å². The lowest BCUT2D eigenvalue weighted by Crippen LogP contribution is -2.24. The number of amides is 2. The first-order chi connectivity index (χ1) is 18.3.